The van der Waals surface area contributed by atoms with E-state index >= 15 is 0 Å². The molecule has 11 heteroatoms. The number of halogens is 3. The van der Waals surface area contributed by atoms with Gasteiger partial charge in [0.2, 0.25) is 5.95 Å². The van der Waals surface area contributed by atoms with Crippen molar-refractivity contribution in [1.29, 1.82) is 0 Å². The molecule has 2 aromatic heterocycles. The molecule has 4 rings (SSSR count). The molecule has 0 radical (unpaired) electrons. The second-order valence-electron chi connectivity index (χ2n) is 8.70. The van der Waals surface area contributed by atoms with E-state index in [1.165, 1.54) is 11.3 Å². The minimum Gasteiger partial charge on any atom is -0.481 e. The molecule has 0 spiro atoms. The van der Waals surface area contributed by atoms with Crippen molar-refractivity contribution in [1.82, 2.24) is 15.0 Å². The largest absolute Gasteiger partial charge is 0.481 e. The molecule has 2 heterocycles. The van der Waals surface area contributed by atoms with Crippen molar-refractivity contribution in [2.45, 2.75) is 44.9 Å². The summed E-state index contributed by atoms with van der Waals surface area (Å²) in [7, 11) is 0. The highest BCUT2D eigenvalue weighted by Gasteiger charge is 2.43. The number of hydrogen-bond donors (Lipinski definition) is 3. The Morgan fingerprint density at radius 2 is 1.97 bits per heavy atom. The SMILES string of the molecule is Cc1cc(Nc2nccc(C(F)(F)F)n2)cc(-c2cnc(C(C)(O)C3CCC(C(=O)O)C3)s2)c1. The number of aryl methyl sites for hydroxylation is 1. The molecule has 1 saturated carbocycles. The van der Waals surface area contributed by atoms with Crippen LogP contribution in [0.15, 0.2) is 36.7 Å². The molecule has 3 unspecified atom stereocenters. The van der Waals surface area contributed by atoms with Gasteiger partial charge < -0.3 is 15.5 Å². The van der Waals surface area contributed by atoms with Crippen LogP contribution in [0, 0.1) is 18.8 Å². The minimum atomic E-state index is -4.57. The maximum Gasteiger partial charge on any atom is 0.433 e. The van der Waals surface area contributed by atoms with Gasteiger partial charge in [-0.2, -0.15) is 13.2 Å². The van der Waals surface area contributed by atoms with E-state index in [1.807, 2.05) is 13.0 Å². The lowest BCUT2D eigenvalue weighted by molar-refractivity contribution is -0.142. The molecule has 0 saturated heterocycles. The normalized spacial score (nSPS) is 20.2. The third kappa shape index (κ3) is 5.05. The lowest BCUT2D eigenvalue weighted by Crippen LogP contribution is -2.30. The zero-order valence-electron chi connectivity index (χ0n) is 18.4. The van der Waals surface area contributed by atoms with Gasteiger partial charge in [-0.25, -0.2) is 15.0 Å². The number of aromatic nitrogens is 3. The first kappa shape index (κ1) is 24.1. The van der Waals surface area contributed by atoms with Crippen LogP contribution in [0.25, 0.3) is 10.4 Å². The Bertz CT molecular complexity index is 1210. The van der Waals surface area contributed by atoms with Crippen molar-refractivity contribution in [3.8, 4) is 10.4 Å². The van der Waals surface area contributed by atoms with Crippen LogP contribution in [-0.4, -0.2) is 31.1 Å². The number of anilines is 2. The van der Waals surface area contributed by atoms with Gasteiger partial charge in [0.15, 0.2) is 0 Å². The molecule has 1 aliphatic carbocycles. The molecule has 1 aliphatic rings. The number of aliphatic carboxylic acids is 1. The van der Waals surface area contributed by atoms with Gasteiger partial charge in [-0.3, -0.25) is 4.79 Å². The van der Waals surface area contributed by atoms with Crippen molar-refractivity contribution in [3.05, 3.63) is 52.9 Å². The third-order valence-corrected chi connectivity index (χ3v) is 7.35. The van der Waals surface area contributed by atoms with E-state index in [0.717, 1.165) is 28.3 Å². The molecular formula is C23H23F3N4O3S. The minimum absolute atomic E-state index is 0.173. The van der Waals surface area contributed by atoms with Gasteiger partial charge in [-0.15, -0.1) is 11.3 Å². The van der Waals surface area contributed by atoms with E-state index in [9.17, 15) is 28.2 Å². The first-order valence-corrected chi connectivity index (χ1v) is 11.5. The maximum atomic E-state index is 13.0. The topological polar surface area (TPSA) is 108 Å². The van der Waals surface area contributed by atoms with Crippen molar-refractivity contribution in [3.63, 3.8) is 0 Å². The van der Waals surface area contributed by atoms with Gasteiger partial charge in [0, 0.05) is 18.1 Å². The number of rotatable bonds is 6. The number of aliphatic hydroxyl groups is 1. The number of benzene rings is 1. The zero-order chi connectivity index (χ0) is 24.7. The lowest BCUT2D eigenvalue weighted by atomic mass is 9.87. The Morgan fingerprint density at radius 1 is 1.21 bits per heavy atom. The molecule has 1 fully saturated rings. The van der Waals surface area contributed by atoms with Crippen LogP contribution in [-0.2, 0) is 16.6 Å². The fourth-order valence-corrected chi connectivity index (χ4v) is 5.26. The number of thiazole rings is 1. The van der Waals surface area contributed by atoms with Gasteiger partial charge in [-0.1, -0.05) is 6.07 Å². The maximum absolute atomic E-state index is 13.0. The number of nitrogens with one attached hydrogen (secondary N) is 1. The van der Waals surface area contributed by atoms with Crippen LogP contribution in [0.1, 0.15) is 42.5 Å². The second kappa shape index (κ2) is 8.95. The molecule has 3 atom stereocenters. The Balaban J connectivity index is 1.57. The summed E-state index contributed by atoms with van der Waals surface area (Å²) < 4.78 is 38.9. The lowest BCUT2D eigenvalue weighted by Gasteiger charge is -2.27. The van der Waals surface area contributed by atoms with Crippen molar-refractivity contribution < 1.29 is 28.2 Å². The summed E-state index contributed by atoms with van der Waals surface area (Å²) in [6.07, 6.45) is -0.362. The van der Waals surface area contributed by atoms with Gasteiger partial charge in [-0.05, 0) is 68.4 Å². The average molecular weight is 493 g/mol. The monoisotopic (exact) mass is 492 g/mol. The van der Waals surface area contributed by atoms with E-state index in [4.69, 9.17) is 0 Å². The third-order valence-electron chi connectivity index (χ3n) is 6.08. The van der Waals surface area contributed by atoms with Crippen molar-refractivity contribution in [2.24, 2.45) is 11.8 Å². The van der Waals surface area contributed by atoms with Crippen LogP contribution < -0.4 is 5.32 Å². The van der Waals surface area contributed by atoms with E-state index in [1.54, 1.807) is 25.3 Å². The van der Waals surface area contributed by atoms with Crippen LogP contribution in [0.4, 0.5) is 24.8 Å². The molecule has 34 heavy (non-hydrogen) atoms. The number of carboxylic acid groups (broad SMARTS) is 1. The molecule has 0 aliphatic heterocycles. The molecule has 180 valence electrons. The summed E-state index contributed by atoms with van der Waals surface area (Å²) >= 11 is 1.30. The quantitative estimate of drug-likeness (QED) is 0.424. The highest BCUT2D eigenvalue weighted by molar-refractivity contribution is 7.15. The van der Waals surface area contributed by atoms with Gasteiger partial charge >= 0.3 is 12.1 Å². The van der Waals surface area contributed by atoms with E-state index in [-0.39, 0.29) is 11.9 Å². The summed E-state index contributed by atoms with van der Waals surface area (Å²) in [5, 5.41) is 23.8. The summed E-state index contributed by atoms with van der Waals surface area (Å²) in [5.41, 5.74) is -0.165. The summed E-state index contributed by atoms with van der Waals surface area (Å²) in [6.45, 7) is 3.52. The predicted octanol–water partition coefficient (Wildman–Crippen LogP) is 5.38. The molecule has 3 aromatic rings. The Kier molecular flexibility index (Phi) is 6.34. The number of carbonyl (C=O) groups is 1. The van der Waals surface area contributed by atoms with Crippen LogP contribution in [0.3, 0.4) is 0 Å². The first-order chi connectivity index (χ1) is 15.9. The Hall–Kier alpha value is -3.05. The second-order valence-corrected chi connectivity index (χ2v) is 9.73. The smallest absolute Gasteiger partial charge is 0.433 e. The Labute approximate surface area is 197 Å². The van der Waals surface area contributed by atoms with E-state index in [2.05, 4.69) is 20.3 Å². The zero-order valence-corrected chi connectivity index (χ0v) is 19.2. The van der Waals surface area contributed by atoms with E-state index in [0.29, 0.717) is 30.0 Å². The van der Waals surface area contributed by atoms with Crippen molar-refractivity contribution >= 4 is 28.9 Å². The summed E-state index contributed by atoms with van der Waals surface area (Å²) in [5.74, 6) is -1.68. The fraction of sp³-hybridized carbons (Fsp3) is 0.391. The number of hydrogen-bond acceptors (Lipinski definition) is 7. The first-order valence-electron chi connectivity index (χ1n) is 10.6. The molecule has 1 aromatic carbocycles. The summed E-state index contributed by atoms with van der Waals surface area (Å²) in [6, 6.07) is 6.22. The highest BCUT2D eigenvalue weighted by Crippen LogP contribution is 2.45. The number of carboxylic acids is 1. The molecule has 3 N–H and O–H groups in total. The van der Waals surface area contributed by atoms with Crippen LogP contribution in [0.5, 0.6) is 0 Å². The number of nitrogens with zero attached hydrogens (tertiary/aromatic N) is 3. The summed E-state index contributed by atoms with van der Waals surface area (Å²) in [4.78, 5) is 23.9. The van der Waals surface area contributed by atoms with Gasteiger partial charge in [0.1, 0.15) is 16.3 Å². The molecule has 7 nitrogen and oxygen atoms in total. The predicted molar refractivity (Wildman–Crippen MR) is 121 cm³/mol. The molecule has 0 amide bonds. The van der Waals surface area contributed by atoms with E-state index < -0.39 is 29.4 Å². The standard InChI is InChI=1S/C23H23F3N4O3S/c1-12-7-14(10-16(8-12)29-21-27-6-5-18(30-21)23(24,25)26)17-11-28-20(34-17)22(2,33)15-4-3-13(9-15)19(31)32/h5-8,10-11,13,15,33H,3-4,9H2,1-2H3,(H,31,32)(H,27,29,30). The van der Waals surface area contributed by atoms with Crippen molar-refractivity contribution in [2.75, 3.05) is 5.32 Å². The Morgan fingerprint density at radius 3 is 2.65 bits per heavy atom. The highest BCUT2D eigenvalue weighted by atomic mass is 32.1. The molecular weight excluding hydrogens is 469 g/mol. The van der Waals surface area contributed by atoms with Gasteiger partial charge in [0.25, 0.3) is 0 Å². The average Bonchev–Trinajstić information content (AvgIpc) is 3.44. The fourth-order valence-electron chi connectivity index (χ4n) is 4.24. The molecule has 0 bridgehead atoms. The van der Waals surface area contributed by atoms with Gasteiger partial charge in [0.05, 0.1) is 10.8 Å². The van der Waals surface area contributed by atoms with Crippen LogP contribution >= 0.6 is 11.3 Å². The number of alkyl halides is 3. The van der Waals surface area contributed by atoms with Crippen LogP contribution in [0.2, 0.25) is 0 Å².